The molecule has 3 rings (SSSR count). The van der Waals surface area contributed by atoms with E-state index < -0.39 is 0 Å². The first-order valence-electron chi connectivity index (χ1n) is 7.08. The monoisotopic (exact) mass is 298 g/mol. The highest BCUT2D eigenvalue weighted by atomic mass is 32.1. The van der Waals surface area contributed by atoms with Gasteiger partial charge >= 0.3 is 0 Å². The number of anilines is 1. The number of ether oxygens (including phenoxy) is 1. The number of nitrogens with zero attached hydrogens (tertiary/aromatic N) is 1. The second kappa shape index (κ2) is 6.14. The van der Waals surface area contributed by atoms with Gasteiger partial charge in [-0.15, -0.1) is 0 Å². The van der Waals surface area contributed by atoms with Gasteiger partial charge in [-0.3, -0.25) is 0 Å². The molecule has 3 aromatic rings. The van der Waals surface area contributed by atoms with Crippen LogP contribution in [0, 0.1) is 6.92 Å². The maximum absolute atomic E-state index is 5.53. The molecule has 1 heterocycles. The lowest BCUT2D eigenvalue weighted by Crippen LogP contribution is -2.00. The predicted molar refractivity (Wildman–Crippen MR) is 89.3 cm³/mol. The Morgan fingerprint density at radius 1 is 1.19 bits per heavy atom. The predicted octanol–water partition coefficient (Wildman–Crippen LogP) is 4.62. The molecule has 0 unspecified atom stereocenters. The van der Waals surface area contributed by atoms with Gasteiger partial charge in [0.1, 0.15) is 5.75 Å². The van der Waals surface area contributed by atoms with Crippen molar-refractivity contribution < 1.29 is 4.74 Å². The van der Waals surface area contributed by atoms with Crippen molar-refractivity contribution in [2.45, 2.75) is 20.4 Å². The van der Waals surface area contributed by atoms with Gasteiger partial charge in [-0.25, -0.2) is 4.98 Å². The van der Waals surface area contributed by atoms with Crippen LogP contribution < -0.4 is 10.1 Å². The average Bonchev–Trinajstić information content (AvgIpc) is 2.89. The molecule has 2 aromatic carbocycles. The van der Waals surface area contributed by atoms with Crippen molar-refractivity contribution in [3.63, 3.8) is 0 Å². The summed E-state index contributed by atoms with van der Waals surface area (Å²) in [5.41, 5.74) is 3.60. The molecule has 0 saturated heterocycles. The van der Waals surface area contributed by atoms with Gasteiger partial charge in [0.25, 0.3) is 0 Å². The highest BCUT2D eigenvalue weighted by Crippen LogP contribution is 2.29. The molecule has 0 saturated carbocycles. The summed E-state index contributed by atoms with van der Waals surface area (Å²) in [7, 11) is 0. The summed E-state index contributed by atoms with van der Waals surface area (Å²) in [6, 6.07) is 14.4. The number of fused-ring (bicyclic) bond motifs is 1. The Balaban J connectivity index is 1.77. The van der Waals surface area contributed by atoms with Crippen LogP contribution in [0.1, 0.15) is 18.1 Å². The Hall–Kier alpha value is -2.07. The number of hydrogen-bond acceptors (Lipinski definition) is 4. The van der Waals surface area contributed by atoms with Crippen LogP contribution in [0.2, 0.25) is 0 Å². The summed E-state index contributed by atoms with van der Waals surface area (Å²) in [5, 5.41) is 4.36. The minimum absolute atomic E-state index is 0.683. The third-order valence-electron chi connectivity index (χ3n) is 3.36. The molecule has 1 aromatic heterocycles. The van der Waals surface area contributed by atoms with Crippen LogP contribution in [-0.4, -0.2) is 11.6 Å². The first-order valence-corrected chi connectivity index (χ1v) is 7.89. The summed E-state index contributed by atoms with van der Waals surface area (Å²) in [6.45, 7) is 5.60. The Labute approximate surface area is 128 Å². The van der Waals surface area contributed by atoms with E-state index in [0.717, 1.165) is 27.6 Å². The second-order valence-electron chi connectivity index (χ2n) is 4.86. The van der Waals surface area contributed by atoms with Crippen molar-refractivity contribution in [3.8, 4) is 5.75 Å². The van der Waals surface area contributed by atoms with Crippen LogP contribution in [-0.2, 0) is 6.54 Å². The van der Waals surface area contributed by atoms with Crippen molar-refractivity contribution in [2.75, 3.05) is 11.9 Å². The average molecular weight is 298 g/mol. The summed E-state index contributed by atoms with van der Waals surface area (Å²) >= 11 is 1.66. The van der Waals surface area contributed by atoms with Crippen LogP contribution >= 0.6 is 11.3 Å². The lowest BCUT2D eigenvalue weighted by atomic mass is 10.1. The van der Waals surface area contributed by atoms with E-state index in [1.807, 2.05) is 19.1 Å². The number of nitrogens with one attached hydrogen (secondary N) is 1. The van der Waals surface area contributed by atoms with Crippen LogP contribution in [0.5, 0.6) is 5.75 Å². The molecular formula is C17H18N2OS. The van der Waals surface area contributed by atoms with Crippen molar-refractivity contribution in [1.82, 2.24) is 4.98 Å². The van der Waals surface area contributed by atoms with E-state index in [1.54, 1.807) is 11.3 Å². The minimum atomic E-state index is 0.683. The maximum Gasteiger partial charge on any atom is 0.184 e. The second-order valence-corrected chi connectivity index (χ2v) is 5.89. The zero-order valence-corrected chi connectivity index (χ0v) is 13.0. The van der Waals surface area contributed by atoms with E-state index >= 15 is 0 Å². The molecule has 0 radical (unpaired) electrons. The number of aryl methyl sites for hydroxylation is 1. The normalized spacial score (nSPS) is 10.8. The summed E-state index contributed by atoms with van der Waals surface area (Å²) in [4.78, 5) is 4.61. The van der Waals surface area contributed by atoms with Crippen LogP contribution in [0.25, 0.3) is 10.2 Å². The molecule has 108 valence electrons. The van der Waals surface area contributed by atoms with Gasteiger partial charge in [0.05, 0.1) is 16.8 Å². The number of benzene rings is 2. The van der Waals surface area contributed by atoms with E-state index in [4.69, 9.17) is 4.74 Å². The van der Waals surface area contributed by atoms with Crippen LogP contribution in [0.4, 0.5) is 5.13 Å². The van der Waals surface area contributed by atoms with Gasteiger partial charge < -0.3 is 10.1 Å². The lowest BCUT2D eigenvalue weighted by Gasteiger charge is -2.05. The third kappa shape index (κ3) is 3.16. The van der Waals surface area contributed by atoms with Crippen molar-refractivity contribution in [2.24, 2.45) is 0 Å². The maximum atomic E-state index is 5.53. The fraction of sp³-hybridized carbons (Fsp3) is 0.235. The van der Waals surface area contributed by atoms with E-state index in [-0.39, 0.29) is 0 Å². The first-order chi connectivity index (χ1) is 10.3. The molecule has 21 heavy (non-hydrogen) atoms. The quantitative estimate of drug-likeness (QED) is 0.746. The first kappa shape index (κ1) is 13.9. The number of thiazole rings is 1. The van der Waals surface area contributed by atoms with Crippen molar-refractivity contribution in [1.29, 1.82) is 0 Å². The fourth-order valence-corrected chi connectivity index (χ4v) is 3.11. The van der Waals surface area contributed by atoms with E-state index in [9.17, 15) is 0 Å². The molecule has 0 spiro atoms. The zero-order chi connectivity index (χ0) is 14.7. The fourth-order valence-electron chi connectivity index (χ4n) is 2.22. The Morgan fingerprint density at radius 3 is 2.86 bits per heavy atom. The number of rotatable bonds is 5. The van der Waals surface area contributed by atoms with Crippen molar-refractivity contribution >= 4 is 26.7 Å². The molecule has 1 N–H and O–H groups in total. The van der Waals surface area contributed by atoms with E-state index in [0.29, 0.717) is 6.61 Å². The topological polar surface area (TPSA) is 34.1 Å². The molecule has 4 heteroatoms. The molecule has 0 aliphatic rings. The van der Waals surface area contributed by atoms with Crippen LogP contribution in [0.15, 0.2) is 42.5 Å². The highest BCUT2D eigenvalue weighted by Gasteiger charge is 2.05. The Bertz CT molecular complexity index is 751. The summed E-state index contributed by atoms with van der Waals surface area (Å²) < 4.78 is 6.67. The van der Waals surface area contributed by atoms with E-state index in [2.05, 4.69) is 47.6 Å². The number of hydrogen-bond donors (Lipinski definition) is 1. The molecular weight excluding hydrogens is 280 g/mol. The summed E-state index contributed by atoms with van der Waals surface area (Å²) in [6.07, 6.45) is 0. The van der Waals surface area contributed by atoms with Crippen molar-refractivity contribution in [3.05, 3.63) is 53.6 Å². The van der Waals surface area contributed by atoms with Gasteiger partial charge in [-0.1, -0.05) is 35.6 Å². The highest BCUT2D eigenvalue weighted by molar-refractivity contribution is 7.22. The van der Waals surface area contributed by atoms with E-state index in [1.165, 1.54) is 11.1 Å². The zero-order valence-electron chi connectivity index (χ0n) is 12.2. The van der Waals surface area contributed by atoms with Gasteiger partial charge in [0, 0.05) is 6.54 Å². The molecule has 0 amide bonds. The van der Waals surface area contributed by atoms with Crippen LogP contribution in [0.3, 0.4) is 0 Å². The smallest absolute Gasteiger partial charge is 0.184 e. The Morgan fingerprint density at radius 2 is 2.05 bits per heavy atom. The third-order valence-corrected chi connectivity index (χ3v) is 4.34. The van der Waals surface area contributed by atoms with Gasteiger partial charge in [-0.2, -0.15) is 0 Å². The molecule has 0 fully saturated rings. The molecule has 0 aliphatic carbocycles. The van der Waals surface area contributed by atoms with Gasteiger partial charge in [0.15, 0.2) is 5.13 Å². The summed E-state index contributed by atoms with van der Waals surface area (Å²) in [5.74, 6) is 0.902. The number of aromatic nitrogens is 1. The molecule has 0 atom stereocenters. The molecule has 0 aliphatic heterocycles. The lowest BCUT2D eigenvalue weighted by molar-refractivity contribution is 0.341. The standard InChI is InChI=1S/C17H18N2OS/c1-3-20-14-8-9-15-16(10-14)21-17(19-15)18-11-13-7-5-4-6-12(13)2/h4-10H,3,11H2,1-2H3,(H,18,19). The van der Waals surface area contributed by atoms with Gasteiger partial charge in [-0.05, 0) is 43.2 Å². The Kier molecular flexibility index (Phi) is 4.06. The largest absolute Gasteiger partial charge is 0.494 e. The minimum Gasteiger partial charge on any atom is -0.494 e. The SMILES string of the molecule is CCOc1ccc2nc(NCc3ccccc3C)sc2c1. The molecule has 3 nitrogen and oxygen atoms in total. The molecule has 0 bridgehead atoms. The van der Waals surface area contributed by atoms with Gasteiger partial charge in [0.2, 0.25) is 0 Å².